The molecule has 0 aliphatic rings. The molecule has 0 radical (unpaired) electrons. The summed E-state index contributed by atoms with van der Waals surface area (Å²) in [5.41, 5.74) is 6.59. The van der Waals surface area contributed by atoms with Crippen molar-refractivity contribution in [3.05, 3.63) is 53.8 Å². The van der Waals surface area contributed by atoms with Gasteiger partial charge in [-0.1, -0.05) is 23.5 Å². The highest BCUT2D eigenvalue weighted by atomic mass is 32.1. The summed E-state index contributed by atoms with van der Waals surface area (Å²) in [6.45, 7) is 0. The number of amides is 1. The first-order valence-electron chi connectivity index (χ1n) is 5.85. The van der Waals surface area contributed by atoms with Gasteiger partial charge < -0.3 is 5.73 Å². The molecule has 1 heterocycles. The van der Waals surface area contributed by atoms with Gasteiger partial charge in [-0.25, -0.2) is 9.37 Å². The van der Waals surface area contributed by atoms with Crippen LogP contribution in [0.15, 0.2) is 42.5 Å². The standard InChI is InChI=1S/C14H10FN3OS/c15-10-6-5-8(16)7-9(10)13(19)18-14-17-11-3-1-2-4-12(11)20-14/h1-7H,16H2,(H,17,18,19). The number of benzene rings is 2. The van der Waals surface area contributed by atoms with Gasteiger partial charge in [0.15, 0.2) is 5.13 Å². The van der Waals surface area contributed by atoms with E-state index in [0.29, 0.717) is 10.8 Å². The van der Waals surface area contributed by atoms with Gasteiger partial charge in [0, 0.05) is 5.69 Å². The van der Waals surface area contributed by atoms with Crippen LogP contribution in [0.1, 0.15) is 10.4 Å². The summed E-state index contributed by atoms with van der Waals surface area (Å²) in [6.07, 6.45) is 0. The molecule has 0 saturated heterocycles. The number of hydrogen-bond donors (Lipinski definition) is 2. The average Bonchev–Trinajstić information content (AvgIpc) is 2.83. The maximum atomic E-state index is 13.6. The van der Waals surface area contributed by atoms with Crippen molar-refractivity contribution in [1.29, 1.82) is 0 Å². The zero-order chi connectivity index (χ0) is 14.1. The fourth-order valence-corrected chi connectivity index (χ4v) is 2.67. The molecule has 0 unspecified atom stereocenters. The number of halogens is 1. The molecule has 0 saturated carbocycles. The Morgan fingerprint density at radius 1 is 1.25 bits per heavy atom. The molecule has 1 aromatic heterocycles. The zero-order valence-corrected chi connectivity index (χ0v) is 11.1. The molecular formula is C14H10FN3OS. The molecule has 0 aliphatic heterocycles. The molecular weight excluding hydrogens is 277 g/mol. The summed E-state index contributed by atoms with van der Waals surface area (Å²) in [5, 5.41) is 3.02. The molecule has 3 rings (SSSR count). The van der Waals surface area contributed by atoms with Crippen molar-refractivity contribution >= 4 is 38.3 Å². The van der Waals surface area contributed by atoms with Gasteiger partial charge >= 0.3 is 0 Å². The molecule has 0 aliphatic carbocycles. The van der Waals surface area contributed by atoms with E-state index in [2.05, 4.69) is 10.3 Å². The van der Waals surface area contributed by atoms with Crippen LogP contribution in [0, 0.1) is 5.82 Å². The van der Waals surface area contributed by atoms with E-state index >= 15 is 0 Å². The van der Waals surface area contributed by atoms with Gasteiger partial charge in [0.25, 0.3) is 5.91 Å². The van der Waals surface area contributed by atoms with E-state index in [0.717, 1.165) is 10.2 Å². The fourth-order valence-electron chi connectivity index (χ4n) is 1.81. The Labute approximate surface area is 118 Å². The Morgan fingerprint density at radius 3 is 2.85 bits per heavy atom. The number of fused-ring (bicyclic) bond motifs is 1. The maximum absolute atomic E-state index is 13.6. The smallest absolute Gasteiger partial charge is 0.260 e. The van der Waals surface area contributed by atoms with E-state index in [9.17, 15) is 9.18 Å². The molecule has 20 heavy (non-hydrogen) atoms. The lowest BCUT2D eigenvalue weighted by Gasteiger charge is -2.03. The first-order valence-corrected chi connectivity index (χ1v) is 6.67. The maximum Gasteiger partial charge on any atom is 0.260 e. The molecule has 100 valence electrons. The van der Waals surface area contributed by atoms with E-state index in [1.54, 1.807) is 0 Å². The van der Waals surface area contributed by atoms with Gasteiger partial charge in [-0.3, -0.25) is 10.1 Å². The number of carbonyl (C=O) groups is 1. The topological polar surface area (TPSA) is 68.0 Å². The number of anilines is 2. The summed E-state index contributed by atoms with van der Waals surface area (Å²) < 4.78 is 14.5. The molecule has 1 amide bonds. The molecule has 4 nitrogen and oxygen atoms in total. The molecule has 2 aromatic carbocycles. The van der Waals surface area contributed by atoms with E-state index in [-0.39, 0.29) is 5.56 Å². The normalized spacial score (nSPS) is 10.7. The van der Waals surface area contributed by atoms with E-state index < -0.39 is 11.7 Å². The number of nitrogens with one attached hydrogen (secondary N) is 1. The number of carbonyl (C=O) groups excluding carboxylic acids is 1. The molecule has 3 N–H and O–H groups in total. The third-order valence-corrected chi connectivity index (χ3v) is 3.70. The van der Waals surface area contributed by atoms with Crippen molar-refractivity contribution in [3.63, 3.8) is 0 Å². The van der Waals surface area contributed by atoms with Crippen molar-refractivity contribution in [1.82, 2.24) is 4.98 Å². The average molecular weight is 287 g/mol. The summed E-state index contributed by atoms with van der Waals surface area (Å²) in [7, 11) is 0. The monoisotopic (exact) mass is 287 g/mol. The van der Waals surface area contributed by atoms with Gasteiger partial charge in [-0.15, -0.1) is 0 Å². The Bertz CT molecular complexity index is 767. The highest BCUT2D eigenvalue weighted by Gasteiger charge is 2.14. The van der Waals surface area contributed by atoms with E-state index in [1.165, 1.54) is 29.5 Å². The predicted octanol–water partition coefficient (Wildman–Crippen LogP) is 3.27. The first kappa shape index (κ1) is 12.6. The highest BCUT2D eigenvalue weighted by Crippen LogP contribution is 2.26. The minimum Gasteiger partial charge on any atom is -0.399 e. The van der Waals surface area contributed by atoms with Gasteiger partial charge in [0.05, 0.1) is 15.8 Å². The van der Waals surface area contributed by atoms with Crippen molar-refractivity contribution in [2.75, 3.05) is 11.1 Å². The number of para-hydroxylation sites is 1. The van der Waals surface area contributed by atoms with Gasteiger partial charge in [0.1, 0.15) is 5.82 Å². The van der Waals surface area contributed by atoms with Crippen molar-refractivity contribution in [3.8, 4) is 0 Å². The second kappa shape index (κ2) is 4.90. The summed E-state index contributed by atoms with van der Waals surface area (Å²) in [4.78, 5) is 16.3. The molecule has 0 atom stereocenters. The Kier molecular flexibility index (Phi) is 3.08. The van der Waals surface area contributed by atoms with Crippen LogP contribution < -0.4 is 11.1 Å². The summed E-state index contributed by atoms with van der Waals surface area (Å²) in [5.74, 6) is -1.17. The van der Waals surface area contributed by atoms with Crippen molar-refractivity contribution in [2.45, 2.75) is 0 Å². The van der Waals surface area contributed by atoms with Gasteiger partial charge in [0.2, 0.25) is 0 Å². The number of rotatable bonds is 2. The number of nitrogen functional groups attached to an aromatic ring is 1. The second-order valence-corrected chi connectivity index (χ2v) is 5.21. The lowest BCUT2D eigenvalue weighted by Crippen LogP contribution is -2.13. The van der Waals surface area contributed by atoms with Crippen LogP contribution in [0.2, 0.25) is 0 Å². The van der Waals surface area contributed by atoms with Gasteiger partial charge in [-0.05, 0) is 30.3 Å². The quantitative estimate of drug-likeness (QED) is 0.711. The van der Waals surface area contributed by atoms with Crippen LogP contribution in [0.3, 0.4) is 0 Å². The van der Waals surface area contributed by atoms with Crippen LogP contribution in [-0.2, 0) is 0 Å². The number of aromatic nitrogens is 1. The molecule has 3 aromatic rings. The van der Waals surface area contributed by atoms with Crippen molar-refractivity contribution < 1.29 is 9.18 Å². The largest absolute Gasteiger partial charge is 0.399 e. The summed E-state index contributed by atoms with van der Waals surface area (Å²) in [6, 6.07) is 11.4. The summed E-state index contributed by atoms with van der Waals surface area (Å²) >= 11 is 1.33. The number of thiazole rings is 1. The zero-order valence-electron chi connectivity index (χ0n) is 10.3. The first-order chi connectivity index (χ1) is 9.63. The molecule has 0 spiro atoms. The predicted molar refractivity (Wildman–Crippen MR) is 78.4 cm³/mol. The highest BCUT2D eigenvalue weighted by molar-refractivity contribution is 7.22. The third kappa shape index (κ3) is 2.33. The van der Waals surface area contributed by atoms with E-state index in [1.807, 2.05) is 24.3 Å². The SMILES string of the molecule is Nc1ccc(F)c(C(=O)Nc2nc3ccccc3s2)c1. The van der Waals surface area contributed by atoms with Crippen LogP contribution >= 0.6 is 11.3 Å². The Hall–Kier alpha value is -2.47. The fraction of sp³-hybridized carbons (Fsp3) is 0. The number of nitrogens with two attached hydrogens (primary N) is 1. The lowest BCUT2D eigenvalue weighted by molar-refractivity contribution is 0.102. The molecule has 0 bridgehead atoms. The number of hydrogen-bond acceptors (Lipinski definition) is 4. The van der Waals surface area contributed by atoms with Gasteiger partial charge in [-0.2, -0.15) is 0 Å². The van der Waals surface area contributed by atoms with Crippen LogP contribution in [-0.4, -0.2) is 10.9 Å². The third-order valence-electron chi connectivity index (χ3n) is 2.75. The molecule has 0 fully saturated rings. The second-order valence-electron chi connectivity index (χ2n) is 4.18. The van der Waals surface area contributed by atoms with Crippen molar-refractivity contribution in [2.24, 2.45) is 0 Å². The number of nitrogens with zero attached hydrogens (tertiary/aromatic N) is 1. The minimum absolute atomic E-state index is 0.0933. The Balaban J connectivity index is 1.90. The van der Waals surface area contributed by atoms with E-state index in [4.69, 9.17) is 5.73 Å². The van der Waals surface area contributed by atoms with Crippen LogP contribution in [0.5, 0.6) is 0 Å². The van der Waals surface area contributed by atoms with Crippen LogP contribution in [0.4, 0.5) is 15.2 Å². The van der Waals surface area contributed by atoms with Crippen LogP contribution in [0.25, 0.3) is 10.2 Å². The molecule has 6 heteroatoms. The Morgan fingerprint density at radius 2 is 2.05 bits per heavy atom. The minimum atomic E-state index is -0.613. The lowest BCUT2D eigenvalue weighted by atomic mass is 10.2.